The highest BCUT2D eigenvalue weighted by Gasteiger charge is 2.15. The first kappa shape index (κ1) is 19.9. The molecule has 2 aromatic rings. The summed E-state index contributed by atoms with van der Waals surface area (Å²) in [5.74, 6) is -0.779. The van der Waals surface area contributed by atoms with Crippen molar-refractivity contribution in [3.05, 3.63) is 70.2 Å². The zero-order valence-electron chi connectivity index (χ0n) is 14.7. The molecule has 0 saturated carbocycles. The second-order valence-corrected chi connectivity index (χ2v) is 7.54. The number of carbonyl (C=O) groups is 2. The molecular weight excluding hydrogens is 370 g/mol. The second kappa shape index (κ2) is 8.29. The van der Waals surface area contributed by atoms with Crippen LogP contribution in [-0.4, -0.2) is 16.9 Å². The summed E-state index contributed by atoms with van der Waals surface area (Å²) in [6, 6.07) is 13.8. The van der Waals surface area contributed by atoms with Crippen molar-refractivity contribution in [1.82, 2.24) is 16.2 Å². The van der Waals surface area contributed by atoms with Gasteiger partial charge in [0.15, 0.2) is 5.11 Å². The second-order valence-electron chi connectivity index (χ2n) is 6.70. The molecule has 7 heteroatoms. The van der Waals surface area contributed by atoms with Crippen molar-refractivity contribution in [1.29, 1.82) is 0 Å². The summed E-state index contributed by atoms with van der Waals surface area (Å²) in [6.07, 6.45) is 0. The fourth-order valence-corrected chi connectivity index (χ4v) is 2.48. The Hall–Kier alpha value is -2.44. The molecule has 136 valence electrons. The fraction of sp³-hybridized carbons (Fsp3) is 0.211. The lowest BCUT2D eigenvalue weighted by atomic mass is 9.87. The number of carbonyl (C=O) groups excluding carboxylic acids is 2. The minimum atomic E-state index is -0.418. The van der Waals surface area contributed by atoms with Gasteiger partial charge < -0.3 is 0 Å². The van der Waals surface area contributed by atoms with Gasteiger partial charge in [-0.25, -0.2) is 0 Å². The van der Waals surface area contributed by atoms with Gasteiger partial charge in [-0.3, -0.25) is 25.8 Å². The smallest absolute Gasteiger partial charge is 0.269 e. The minimum absolute atomic E-state index is 0.00900. The van der Waals surface area contributed by atoms with Crippen molar-refractivity contribution in [3.8, 4) is 0 Å². The molecular formula is C19H20ClN3O2S. The molecule has 0 aromatic heterocycles. The van der Waals surface area contributed by atoms with Gasteiger partial charge >= 0.3 is 0 Å². The van der Waals surface area contributed by atoms with E-state index < -0.39 is 5.91 Å². The van der Waals surface area contributed by atoms with Gasteiger partial charge in [-0.05, 0) is 53.5 Å². The van der Waals surface area contributed by atoms with Crippen LogP contribution in [0.25, 0.3) is 0 Å². The Morgan fingerprint density at radius 1 is 0.923 bits per heavy atom. The first-order valence-electron chi connectivity index (χ1n) is 7.94. The van der Waals surface area contributed by atoms with E-state index in [1.807, 2.05) is 12.1 Å². The van der Waals surface area contributed by atoms with E-state index in [1.165, 1.54) is 6.07 Å². The SMILES string of the molecule is CC(C)(C)c1ccc(C(=O)NC(=S)NNC(=O)c2cccc(Cl)c2)cc1. The van der Waals surface area contributed by atoms with Gasteiger partial charge in [0.05, 0.1) is 0 Å². The Kier molecular flexibility index (Phi) is 6.34. The van der Waals surface area contributed by atoms with Crippen LogP contribution in [-0.2, 0) is 5.41 Å². The summed E-state index contributed by atoms with van der Waals surface area (Å²) in [5.41, 5.74) is 6.89. The molecule has 0 spiro atoms. The van der Waals surface area contributed by atoms with Crippen LogP contribution in [0.4, 0.5) is 0 Å². The van der Waals surface area contributed by atoms with Crippen molar-refractivity contribution in [3.63, 3.8) is 0 Å². The summed E-state index contributed by atoms with van der Waals surface area (Å²) in [7, 11) is 0. The monoisotopic (exact) mass is 389 g/mol. The van der Waals surface area contributed by atoms with Crippen LogP contribution < -0.4 is 16.2 Å². The molecule has 0 saturated heterocycles. The number of rotatable bonds is 2. The molecule has 0 fully saturated rings. The quantitative estimate of drug-likeness (QED) is 0.542. The summed E-state index contributed by atoms with van der Waals surface area (Å²) >= 11 is 10.9. The number of hydrogen-bond donors (Lipinski definition) is 3. The third-order valence-electron chi connectivity index (χ3n) is 3.62. The summed E-state index contributed by atoms with van der Waals surface area (Å²) in [6.45, 7) is 6.30. The molecule has 2 rings (SSSR count). The average Bonchev–Trinajstić information content (AvgIpc) is 2.59. The van der Waals surface area contributed by atoms with E-state index in [1.54, 1.807) is 30.3 Å². The molecule has 26 heavy (non-hydrogen) atoms. The zero-order chi connectivity index (χ0) is 19.3. The lowest BCUT2D eigenvalue weighted by Crippen LogP contribution is -2.48. The Labute approximate surface area is 163 Å². The number of hydrazine groups is 1. The first-order valence-corrected chi connectivity index (χ1v) is 8.73. The minimum Gasteiger partial charge on any atom is -0.298 e. The maximum atomic E-state index is 12.2. The van der Waals surface area contributed by atoms with E-state index in [4.69, 9.17) is 23.8 Å². The molecule has 2 aromatic carbocycles. The maximum absolute atomic E-state index is 12.2. The molecule has 0 atom stereocenters. The Balaban J connectivity index is 1.89. The van der Waals surface area contributed by atoms with Gasteiger partial charge in [-0.2, -0.15) is 0 Å². The number of halogens is 1. The van der Waals surface area contributed by atoms with E-state index in [2.05, 4.69) is 36.9 Å². The molecule has 0 aliphatic carbocycles. The van der Waals surface area contributed by atoms with Crippen LogP contribution in [0.3, 0.4) is 0 Å². The van der Waals surface area contributed by atoms with Gasteiger partial charge in [0.1, 0.15) is 0 Å². The fourth-order valence-electron chi connectivity index (χ4n) is 2.14. The lowest BCUT2D eigenvalue weighted by Gasteiger charge is -2.19. The van der Waals surface area contributed by atoms with E-state index in [0.29, 0.717) is 16.1 Å². The van der Waals surface area contributed by atoms with E-state index in [0.717, 1.165) is 5.56 Å². The van der Waals surface area contributed by atoms with Crippen LogP contribution in [0.1, 0.15) is 47.1 Å². The Morgan fingerprint density at radius 2 is 1.58 bits per heavy atom. The van der Waals surface area contributed by atoms with Crippen LogP contribution in [0.2, 0.25) is 5.02 Å². The number of benzene rings is 2. The summed E-state index contributed by atoms with van der Waals surface area (Å²) < 4.78 is 0. The maximum Gasteiger partial charge on any atom is 0.269 e. The van der Waals surface area contributed by atoms with Crippen molar-refractivity contribution in [2.75, 3.05) is 0 Å². The number of thiocarbonyl (C=S) groups is 1. The average molecular weight is 390 g/mol. The van der Waals surface area contributed by atoms with Crippen molar-refractivity contribution >= 4 is 40.7 Å². The first-order chi connectivity index (χ1) is 12.2. The predicted molar refractivity (Wildman–Crippen MR) is 107 cm³/mol. The van der Waals surface area contributed by atoms with E-state index in [-0.39, 0.29) is 16.4 Å². The van der Waals surface area contributed by atoms with Crippen molar-refractivity contribution < 1.29 is 9.59 Å². The third-order valence-corrected chi connectivity index (χ3v) is 4.06. The molecule has 0 radical (unpaired) electrons. The molecule has 0 aliphatic heterocycles. The van der Waals surface area contributed by atoms with Crippen LogP contribution in [0, 0.1) is 0 Å². The molecule has 5 nitrogen and oxygen atoms in total. The molecule has 2 amide bonds. The highest BCUT2D eigenvalue weighted by molar-refractivity contribution is 7.80. The van der Waals surface area contributed by atoms with Crippen molar-refractivity contribution in [2.24, 2.45) is 0 Å². The van der Waals surface area contributed by atoms with E-state index in [9.17, 15) is 9.59 Å². The van der Waals surface area contributed by atoms with Gasteiger partial charge in [0, 0.05) is 16.1 Å². The highest BCUT2D eigenvalue weighted by atomic mass is 35.5. The number of amides is 2. The summed E-state index contributed by atoms with van der Waals surface area (Å²) in [5, 5.41) is 2.96. The normalized spacial score (nSPS) is 10.8. The predicted octanol–water partition coefficient (Wildman–Crippen LogP) is 3.59. The van der Waals surface area contributed by atoms with E-state index >= 15 is 0 Å². The van der Waals surface area contributed by atoms with Crippen LogP contribution >= 0.6 is 23.8 Å². The zero-order valence-corrected chi connectivity index (χ0v) is 16.3. The molecule has 3 N–H and O–H groups in total. The topological polar surface area (TPSA) is 70.2 Å². The summed E-state index contributed by atoms with van der Waals surface area (Å²) in [4.78, 5) is 24.2. The lowest BCUT2D eigenvalue weighted by molar-refractivity contribution is 0.0934. The van der Waals surface area contributed by atoms with Crippen LogP contribution in [0.15, 0.2) is 48.5 Å². The standard InChI is InChI=1S/C19H20ClN3O2S/c1-19(2,3)14-9-7-12(8-10-14)16(24)21-18(26)23-22-17(25)13-5-4-6-15(20)11-13/h4-11H,1-3H3,(H,22,25)(H2,21,23,24,26). The van der Waals surface area contributed by atoms with Gasteiger partial charge in [0.2, 0.25) is 0 Å². The van der Waals surface area contributed by atoms with Crippen molar-refractivity contribution in [2.45, 2.75) is 26.2 Å². The van der Waals surface area contributed by atoms with Gasteiger partial charge in [-0.15, -0.1) is 0 Å². The Bertz CT molecular complexity index is 829. The highest BCUT2D eigenvalue weighted by Crippen LogP contribution is 2.22. The molecule has 0 bridgehead atoms. The molecule has 0 heterocycles. The molecule has 0 unspecified atom stereocenters. The Morgan fingerprint density at radius 3 is 2.15 bits per heavy atom. The number of hydrogen-bond acceptors (Lipinski definition) is 3. The molecule has 0 aliphatic rings. The van der Waals surface area contributed by atoms with Crippen LogP contribution in [0.5, 0.6) is 0 Å². The number of nitrogens with one attached hydrogen (secondary N) is 3. The van der Waals surface area contributed by atoms with Gasteiger partial charge in [0.25, 0.3) is 11.8 Å². The largest absolute Gasteiger partial charge is 0.298 e. The third kappa shape index (κ3) is 5.54. The van der Waals surface area contributed by atoms with Gasteiger partial charge in [-0.1, -0.05) is 50.6 Å².